The van der Waals surface area contributed by atoms with E-state index >= 15 is 0 Å². The molecule has 0 spiro atoms. The van der Waals surface area contributed by atoms with E-state index < -0.39 is 5.60 Å². The highest BCUT2D eigenvalue weighted by Crippen LogP contribution is 2.24. The molecule has 1 amide bonds. The molecule has 2 rings (SSSR count). The molecule has 128 valence electrons. The molecule has 1 fully saturated rings. The number of likely N-dealkylation sites (tertiary alicyclic amines) is 1. The Bertz CT molecular complexity index is 498. The van der Waals surface area contributed by atoms with E-state index in [4.69, 9.17) is 4.74 Å². The van der Waals surface area contributed by atoms with E-state index in [9.17, 15) is 4.79 Å². The summed E-state index contributed by atoms with van der Waals surface area (Å²) >= 11 is 0. The van der Waals surface area contributed by atoms with E-state index in [0.717, 1.165) is 19.6 Å². The number of carbonyl (C=O) groups excluding carboxylic acids is 1. The molecule has 0 saturated carbocycles. The van der Waals surface area contributed by atoms with Crippen LogP contribution in [0.2, 0.25) is 0 Å². The summed E-state index contributed by atoms with van der Waals surface area (Å²) in [6, 6.07) is 10.7. The van der Waals surface area contributed by atoms with Crippen molar-refractivity contribution in [2.75, 3.05) is 13.1 Å². The molecule has 0 aromatic heterocycles. The summed E-state index contributed by atoms with van der Waals surface area (Å²) in [5, 5.41) is 3.07. The SMILES string of the molecule is C[C@@H]1CN(Cc2ccccc2)C[C@H](C)C1NC(=O)OC(C)(C)C. The van der Waals surface area contributed by atoms with E-state index in [0.29, 0.717) is 11.8 Å². The summed E-state index contributed by atoms with van der Waals surface area (Å²) in [6.45, 7) is 13.0. The van der Waals surface area contributed by atoms with Crippen molar-refractivity contribution < 1.29 is 9.53 Å². The summed E-state index contributed by atoms with van der Waals surface area (Å²) in [5.41, 5.74) is 0.885. The molecular weight excluding hydrogens is 288 g/mol. The number of hydrogen-bond acceptors (Lipinski definition) is 3. The number of carbonyl (C=O) groups is 1. The zero-order valence-electron chi connectivity index (χ0n) is 15.0. The first-order valence-electron chi connectivity index (χ1n) is 8.50. The third-order valence-electron chi connectivity index (χ3n) is 4.25. The highest BCUT2D eigenvalue weighted by Gasteiger charge is 2.33. The minimum Gasteiger partial charge on any atom is -0.444 e. The van der Waals surface area contributed by atoms with E-state index in [1.807, 2.05) is 26.8 Å². The average molecular weight is 318 g/mol. The Morgan fingerprint density at radius 1 is 1.17 bits per heavy atom. The van der Waals surface area contributed by atoms with Crippen LogP contribution >= 0.6 is 0 Å². The van der Waals surface area contributed by atoms with Crippen molar-refractivity contribution in [3.63, 3.8) is 0 Å². The number of ether oxygens (including phenoxy) is 1. The van der Waals surface area contributed by atoms with Gasteiger partial charge in [-0.1, -0.05) is 44.2 Å². The van der Waals surface area contributed by atoms with Gasteiger partial charge in [0.1, 0.15) is 5.60 Å². The van der Waals surface area contributed by atoms with Gasteiger partial charge in [-0.2, -0.15) is 0 Å². The lowest BCUT2D eigenvalue weighted by Gasteiger charge is -2.41. The molecule has 1 aromatic rings. The third kappa shape index (κ3) is 5.54. The normalized spacial score (nSPS) is 25.9. The largest absolute Gasteiger partial charge is 0.444 e. The van der Waals surface area contributed by atoms with Gasteiger partial charge in [0.25, 0.3) is 0 Å². The second-order valence-corrected chi connectivity index (χ2v) is 7.81. The van der Waals surface area contributed by atoms with Crippen LogP contribution in [0.15, 0.2) is 30.3 Å². The lowest BCUT2D eigenvalue weighted by Crippen LogP contribution is -2.55. The van der Waals surface area contributed by atoms with Crippen molar-refractivity contribution in [3.05, 3.63) is 35.9 Å². The van der Waals surface area contributed by atoms with Gasteiger partial charge in [0.15, 0.2) is 0 Å². The molecule has 1 N–H and O–H groups in total. The van der Waals surface area contributed by atoms with Gasteiger partial charge in [0.2, 0.25) is 0 Å². The van der Waals surface area contributed by atoms with E-state index in [1.54, 1.807) is 0 Å². The van der Waals surface area contributed by atoms with E-state index in [1.165, 1.54) is 5.56 Å². The second kappa shape index (κ2) is 7.35. The monoisotopic (exact) mass is 318 g/mol. The Hall–Kier alpha value is -1.55. The molecule has 1 saturated heterocycles. The molecule has 0 radical (unpaired) electrons. The van der Waals surface area contributed by atoms with Gasteiger partial charge < -0.3 is 10.1 Å². The summed E-state index contributed by atoms with van der Waals surface area (Å²) in [7, 11) is 0. The van der Waals surface area contributed by atoms with Crippen molar-refractivity contribution in [2.24, 2.45) is 11.8 Å². The van der Waals surface area contributed by atoms with Gasteiger partial charge in [-0.05, 0) is 38.2 Å². The highest BCUT2D eigenvalue weighted by atomic mass is 16.6. The van der Waals surface area contributed by atoms with Crippen molar-refractivity contribution in [1.29, 1.82) is 0 Å². The lowest BCUT2D eigenvalue weighted by atomic mass is 9.85. The molecular formula is C19H30N2O2. The lowest BCUT2D eigenvalue weighted by molar-refractivity contribution is 0.0367. The van der Waals surface area contributed by atoms with Crippen LogP contribution in [0.3, 0.4) is 0 Å². The fourth-order valence-corrected chi connectivity index (χ4v) is 3.38. The highest BCUT2D eigenvalue weighted by molar-refractivity contribution is 5.68. The van der Waals surface area contributed by atoms with Crippen molar-refractivity contribution >= 4 is 6.09 Å². The van der Waals surface area contributed by atoms with Gasteiger partial charge >= 0.3 is 6.09 Å². The van der Waals surface area contributed by atoms with Crippen LogP contribution in [-0.4, -0.2) is 35.7 Å². The maximum Gasteiger partial charge on any atom is 0.407 e. The van der Waals surface area contributed by atoms with Crippen molar-refractivity contribution in [3.8, 4) is 0 Å². The quantitative estimate of drug-likeness (QED) is 0.924. The molecule has 4 nitrogen and oxygen atoms in total. The van der Waals surface area contributed by atoms with Gasteiger partial charge in [0.05, 0.1) is 0 Å². The molecule has 3 atom stereocenters. The number of piperidine rings is 1. The maximum absolute atomic E-state index is 12.0. The number of amides is 1. The van der Waals surface area contributed by atoms with Gasteiger partial charge in [-0.25, -0.2) is 4.79 Å². The molecule has 1 aromatic carbocycles. The predicted molar refractivity (Wildman–Crippen MR) is 93.2 cm³/mol. The van der Waals surface area contributed by atoms with Gasteiger partial charge in [-0.15, -0.1) is 0 Å². The molecule has 23 heavy (non-hydrogen) atoms. The average Bonchev–Trinajstić information content (AvgIpc) is 2.42. The molecule has 0 aliphatic carbocycles. The fraction of sp³-hybridized carbons (Fsp3) is 0.632. The number of hydrogen-bond donors (Lipinski definition) is 1. The maximum atomic E-state index is 12.0. The zero-order valence-corrected chi connectivity index (χ0v) is 15.0. The topological polar surface area (TPSA) is 41.6 Å². The molecule has 0 bridgehead atoms. The number of alkyl carbamates (subject to hydrolysis) is 1. The smallest absolute Gasteiger partial charge is 0.407 e. The summed E-state index contributed by atoms with van der Waals surface area (Å²) in [5.74, 6) is 0.796. The minimum atomic E-state index is -0.454. The Morgan fingerprint density at radius 2 is 1.74 bits per heavy atom. The van der Waals surface area contributed by atoms with Crippen molar-refractivity contribution in [2.45, 2.75) is 52.8 Å². The molecule has 1 aliphatic heterocycles. The number of nitrogens with zero attached hydrogens (tertiary/aromatic N) is 1. The second-order valence-electron chi connectivity index (χ2n) is 7.81. The van der Waals surface area contributed by atoms with E-state index in [2.05, 4.69) is 48.3 Å². The first-order chi connectivity index (χ1) is 10.7. The number of rotatable bonds is 3. The molecule has 1 heterocycles. The Labute approximate surface area is 140 Å². The standard InChI is InChI=1S/C19H30N2O2/c1-14-11-21(13-16-9-7-6-8-10-16)12-15(2)17(14)20-18(22)23-19(3,4)5/h6-10,14-15,17H,11-13H2,1-5H3,(H,20,22)/t14-,15+,17?. The Morgan fingerprint density at radius 3 is 2.26 bits per heavy atom. The number of nitrogens with one attached hydrogen (secondary N) is 1. The third-order valence-corrected chi connectivity index (χ3v) is 4.25. The van der Waals surface area contributed by atoms with E-state index in [-0.39, 0.29) is 12.1 Å². The summed E-state index contributed by atoms with van der Waals surface area (Å²) in [4.78, 5) is 14.5. The van der Waals surface area contributed by atoms with Crippen LogP contribution < -0.4 is 5.32 Å². The molecule has 4 heteroatoms. The van der Waals surface area contributed by atoms with Crippen molar-refractivity contribution in [1.82, 2.24) is 10.2 Å². The molecule has 1 aliphatic rings. The Kier molecular flexibility index (Phi) is 5.69. The van der Waals surface area contributed by atoms with Crippen LogP contribution in [0.25, 0.3) is 0 Å². The fourth-order valence-electron chi connectivity index (χ4n) is 3.38. The Balaban J connectivity index is 1.90. The van der Waals surface area contributed by atoms with Gasteiger partial charge in [0, 0.05) is 25.7 Å². The summed E-state index contributed by atoms with van der Waals surface area (Å²) in [6.07, 6.45) is -0.308. The van der Waals surface area contributed by atoms with Crippen LogP contribution in [0, 0.1) is 11.8 Å². The first-order valence-corrected chi connectivity index (χ1v) is 8.50. The first kappa shape index (κ1) is 17.8. The number of benzene rings is 1. The minimum absolute atomic E-state index is 0.164. The van der Waals surface area contributed by atoms with Crippen LogP contribution in [-0.2, 0) is 11.3 Å². The van der Waals surface area contributed by atoms with Crippen LogP contribution in [0.1, 0.15) is 40.2 Å². The predicted octanol–water partition coefficient (Wildman–Crippen LogP) is 3.67. The summed E-state index contributed by atoms with van der Waals surface area (Å²) < 4.78 is 5.40. The zero-order chi connectivity index (χ0) is 17.0. The van der Waals surface area contributed by atoms with Gasteiger partial charge in [-0.3, -0.25) is 4.90 Å². The van der Waals surface area contributed by atoms with Crippen LogP contribution in [0.5, 0.6) is 0 Å². The molecule has 1 unspecified atom stereocenters. The van der Waals surface area contributed by atoms with Crippen LogP contribution in [0.4, 0.5) is 4.79 Å².